The maximum Gasteiger partial charge on any atom is 0.265 e. The topological polar surface area (TPSA) is 58.6 Å². The Labute approximate surface area is 168 Å². The second kappa shape index (κ2) is 7.98. The van der Waals surface area contributed by atoms with Gasteiger partial charge in [0, 0.05) is 37.9 Å². The Balaban J connectivity index is 1.48. The molecule has 6 nitrogen and oxygen atoms in total. The van der Waals surface area contributed by atoms with Crippen molar-refractivity contribution in [1.29, 1.82) is 0 Å². The van der Waals surface area contributed by atoms with Crippen LogP contribution in [0.5, 0.6) is 5.75 Å². The number of methoxy groups -OCH3 is 1. The summed E-state index contributed by atoms with van der Waals surface area (Å²) in [4.78, 5) is 26.9. The second-order valence-corrected chi connectivity index (χ2v) is 7.63. The average molecular weight is 395 g/mol. The molecule has 28 heavy (non-hydrogen) atoms. The number of hydrogen-bond donors (Lipinski definition) is 0. The normalized spacial score (nSPS) is 14.2. The number of pyridine rings is 1. The van der Waals surface area contributed by atoms with Crippen LogP contribution < -0.4 is 9.64 Å². The van der Waals surface area contributed by atoms with Gasteiger partial charge >= 0.3 is 0 Å². The lowest BCUT2D eigenvalue weighted by Gasteiger charge is -2.35. The Hall–Kier alpha value is -2.93. The van der Waals surface area contributed by atoms with Gasteiger partial charge in [0.15, 0.2) is 0 Å². The minimum absolute atomic E-state index is 0.0600. The van der Waals surface area contributed by atoms with Crippen LogP contribution >= 0.6 is 11.3 Å². The molecule has 0 bridgehead atoms. The van der Waals surface area contributed by atoms with Gasteiger partial charge in [0.1, 0.15) is 21.5 Å². The van der Waals surface area contributed by atoms with E-state index in [1.807, 2.05) is 54.3 Å². The number of piperazine rings is 1. The fraction of sp³-hybridized carbons (Fsp3) is 0.286. The summed E-state index contributed by atoms with van der Waals surface area (Å²) in [6.07, 6.45) is 1.80. The molecule has 7 heteroatoms. The van der Waals surface area contributed by atoms with E-state index in [2.05, 4.69) is 14.9 Å². The second-order valence-electron chi connectivity index (χ2n) is 6.63. The summed E-state index contributed by atoms with van der Waals surface area (Å²) in [7, 11) is 1.64. The number of carbonyl (C=O) groups is 1. The molecule has 4 rings (SSSR count). The summed E-state index contributed by atoms with van der Waals surface area (Å²) >= 11 is 1.45. The molecule has 144 valence electrons. The van der Waals surface area contributed by atoms with E-state index in [0.29, 0.717) is 18.0 Å². The van der Waals surface area contributed by atoms with E-state index in [0.717, 1.165) is 40.9 Å². The number of rotatable bonds is 4. The van der Waals surface area contributed by atoms with E-state index in [-0.39, 0.29) is 5.91 Å². The molecule has 1 amide bonds. The van der Waals surface area contributed by atoms with E-state index >= 15 is 0 Å². The van der Waals surface area contributed by atoms with Gasteiger partial charge in [0.05, 0.1) is 12.8 Å². The molecule has 0 unspecified atom stereocenters. The quantitative estimate of drug-likeness (QED) is 0.678. The fourth-order valence-corrected chi connectivity index (χ4v) is 4.33. The van der Waals surface area contributed by atoms with Crippen molar-refractivity contribution >= 4 is 23.1 Å². The van der Waals surface area contributed by atoms with Crippen molar-refractivity contribution < 1.29 is 9.53 Å². The first-order valence-corrected chi connectivity index (χ1v) is 10.0. The molecule has 0 N–H and O–H groups in total. The van der Waals surface area contributed by atoms with Gasteiger partial charge in [-0.05, 0) is 31.2 Å². The van der Waals surface area contributed by atoms with Crippen LogP contribution in [0.4, 0.5) is 5.82 Å². The Morgan fingerprint density at radius 3 is 2.64 bits per heavy atom. The Morgan fingerprint density at radius 1 is 1.11 bits per heavy atom. The van der Waals surface area contributed by atoms with E-state index < -0.39 is 0 Å². The molecule has 0 spiro atoms. The zero-order valence-corrected chi connectivity index (χ0v) is 16.8. The minimum atomic E-state index is 0.0600. The molecule has 0 atom stereocenters. The lowest BCUT2D eigenvalue weighted by atomic mass is 10.2. The zero-order valence-electron chi connectivity index (χ0n) is 16.0. The van der Waals surface area contributed by atoms with Crippen LogP contribution in [-0.4, -0.2) is 54.1 Å². The van der Waals surface area contributed by atoms with Crippen LogP contribution in [-0.2, 0) is 0 Å². The predicted octanol–water partition coefficient (Wildman–Crippen LogP) is 3.48. The molecule has 0 aliphatic carbocycles. The van der Waals surface area contributed by atoms with Crippen molar-refractivity contribution in [3.8, 4) is 16.3 Å². The first kappa shape index (κ1) is 18.4. The van der Waals surface area contributed by atoms with Gasteiger partial charge in [-0.3, -0.25) is 4.79 Å². The van der Waals surface area contributed by atoms with Crippen molar-refractivity contribution in [3.05, 3.63) is 59.2 Å². The number of aryl methyl sites for hydroxylation is 1. The maximum absolute atomic E-state index is 13.1. The summed E-state index contributed by atoms with van der Waals surface area (Å²) in [6, 6.07) is 13.7. The number of ether oxygens (including phenoxy) is 1. The van der Waals surface area contributed by atoms with Gasteiger partial charge in [0.2, 0.25) is 0 Å². The highest BCUT2D eigenvalue weighted by Crippen LogP contribution is 2.31. The highest BCUT2D eigenvalue weighted by atomic mass is 32.1. The van der Waals surface area contributed by atoms with Crippen molar-refractivity contribution in [1.82, 2.24) is 14.9 Å². The summed E-state index contributed by atoms with van der Waals surface area (Å²) in [6.45, 7) is 4.83. The third-order valence-corrected chi connectivity index (χ3v) is 6.04. The number of hydrogen-bond acceptors (Lipinski definition) is 6. The highest BCUT2D eigenvalue weighted by Gasteiger charge is 2.26. The SMILES string of the molecule is COc1cccc(-c2nc(C)c(C(=O)N3CCN(c4ccccn4)CC3)s2)c1. The van der Waals surface area contributed by atoms with Crippen LogP contribution in [0.15, 0.2) is 48.7 Å². The lowest BCUT2D eigenvalue weighted by molar-refractivity contribution is 0.0750. The smallest absolute Gasteiger partial charge is 0.265 e. The molecule has 3 aromatic rings. The van der Waals surface area contributed by atoms with Gasteiger partial charge in [-0.15, -0.1) is 11.3 Å². The molecule has 1 aliphatic heterocycles. The summed E-state index contributed by atoms with van der Waals surface area (Å²) in [5.74, 6) is 1.80. The lowest BCUT2D eigenvalue weighted by Crippen LogP contribution is -2.49. The molecular weight excluding hydrogens is 372 g/mol. The minimum Gasteiger partial charge on any atom is -0.497 e. The van der Waals surface area contributed by atoms with E-state index in [9.17, 15) is 4.79 Å². The molecule has 3 heterocycles. The van der Waals surface area contributed by atoms with E-state index in [1.165, 1.54) is 11.3 Å². The molecular formula is C21H22N4O2S. The Morgan fingerprint density at radius 2 is 1.93 bits per heavy atom. The third kappa shape index (κ3) is 3.71. The number of amides is 1. The number of benzene rings is 1. The van der Waals surface area contributed by atoms with Gasteiger partial charge in [-0.1, -0.05) is 18.2 Å². The molecule has 1 aromatic carbocycles. The molecule has 2 aromatic heterocycles. The number of thiazole rings is 1. The summed E-state index contributed by atoms with van der Waals surface area (Å²) < 4.78 is 5.29. The number of aromatic nitrogens is 2. The fourth-order valence-electron chi connectivity index (χ4n) is 3.30. The van der Waals surface area contributed by atoms with Gasteiger partial charge in [-0.2, -0.15) is 0 Å². The Bertz CT molecular complexity index is 966. The summed E-state index contributed by atoms with van der Waals surface area (Å²) in [5, 5.41) is 0.840. The number of anilines is 1. The van der Waals surface area contributed by atoms with Crippen LogP contribution in [0.1, 0.15) is 15.4 Å². The summed E-state index contributed by atoms with van der Waals surface area (Å²) in [5.41, 5.74) is 1.74. The Kier molecular flexibility index (Phi) is 5.25. The number of carbonyl (C=O) groups excluding carboxylic acids is 1. The molecule has 0 saturated carbocycles. The van der Waals surface area contributed by atoms with Gasteiger partial charge in [-0.25, -0.2) is 9.97 Å². The monoisotopic (exact) mass is 394 g/mol. The number of nitrogens with zero attached hydrogens (tertiary/aromatic N) is 4. The maximum atomic E-state index is 13.1. The van der Waals surface area contributed by atoms with Crippen molar-refractivity contribution in [2.24, 2.45) is 0 Å². The van der Waals surface area contributed by atoms with Crippen molar-refractivity contribution in [2.75, 3.05) is 38.2 Å². The first-order valence-electron chi connectivity index (χ1n) is 9.23. The van der Waals surface area contributed by atoms with Crippen molar-refractivity contribution in [2.45, 2.75) is 6.92 Å². The predicted molar refractivity (Wildman–Crippen MR) is 111 cm³/mol. The third-order valence-electron chi connectivity index (χ3n) is 4.85. The standard InChI is InChI=1S/C21H22N4O2S/c1-15-19(28-20(23-15)16-6-5-7-17(14-16)27-2)21(26)25-12-10-24(11-13-25)18-8-3-4-9-22-18/h3-9,14H,10-13H2,1-2H3. The average Bonchev–Trinajstić information content (AvgIpc) is 3.15. The van der Waals surface area contributed by atoms with Crippen LogP contribution in [0.25, 0.3) is 10.6 Å². The molecule has 1 saturated heterocycles. The first-order chi connectivity index (χ1) is 13.7. The highest BCUT2D eigenvalue weighted by molar-refractivity contribution is 7.17. The van der Waals surface area contributed by atoms with Crippen molar-refractivity contribution in [3.63, 3.8) is 0 Å². The van der Waals surface area contributed by atoms with Crippen LogP contribution in [0.3, 0.4) is 0 Å². The zero-order chi connectivity index (χ0) is 19.5. The molecule has 0 radical (unpaired) electrons. The van der Waals surface area contributed by atoms with Crippen LogP contribution in [0, 0.1) is 6.92 Å². The van der Waals surface area contributed by atoms with Gasteiger partial charge < -0.3 is 14.5 Å². The van der Waals surface area contributed by atoms with Gasteiger partial charge in [0.25, 0.3) is 5.91 Å². The molecule has 1 fully saturated rings. The van der Waals surface area contributed by atoms with E-state index in [4.69, 9.17) is 4.74 Å². The van der Waals surface area contributed by atoms with E-state index in [1.54, 1.807) is 13.3 Å². The largest absolute Gasteiger partial charge is 0.497 e. The van der Waals surface area contributed by atoms with Crippen LogP contribution in [0.2, 0.25) is 0 Å². The molecule has 1 aliphatic rings.